The average molecular weight is 441 g/mol. The van der Waals surface area contributed by atoms with Gasteiger partial charge in [0.05, 0.1) is 0 Å². The standard InChI is InChI=1S/C24H48O3Si2/c1-24(2,3)29(7,8)27-19-15-11-9-13-17-22(21-23(25)26)18-14-10-12-16-20-28(4,5)6/h22H,9-15,17-19,21H2,1-8H3,(H,25,26). The Morgan fingerprint density at radius 2 is 1.48 bits per heavy atom. The molecule has 0 aliphatic rings. The molecule has 3 nitrogen and oxygen atoms in total. The smallest absolute Gasteiger partial charge is 0.303 e. The molecule has 170 valence electrons. The predicted molar refractivity (Wildman–Crippen MR) is 132 cm³/mol. The van der Waals surface area contributed by atoms with Crippen molar-refractivity contribution in [1.82, 2.24) is 0 Å². The zero-order valence-corrected chi connectivity index (χ0v) is 22.6. The molecular weight excluding hydrogens is 392 g/mol. The van der Waals surface area contributed by atoms with Gasteiger partial charge in [-0.25, -0.2) is 0 Å². The van der Waals surface area contributed by atoms with Gasteiger partial charge in [0.25, 0.3) is 0 Å². The van der Waals surface area contributed by atoms with Crippen LogP contribution in [-0.2, 0) is 9.22 Å². The fraction of sp³-hybridized carbons (Fsp3) is 0.875. The number of carbonyl (C=O) groups is 1. The fourth-order valence-electron chi connectivity index (χ4n) is 3.00. The predicted octanol–water partition coefficient (Wildman–Crippen LogP) is 7.49. The summed E-state index contributed by atoms with van der Waals surface area (Å²) in [5, 5.41) is 9.47. The Bertz CT molecular complexity index is 519. The van der Waals surface area contributed by atoms with Crippen molar-refractivity contribution in [1.29, 1.82) is 0 Å². The third kappa shape index (κ3) is 15.9. The van der Waals surface area contributed by atoms with Crippen molar-refractivity contribution in [2.24, 2.45) is 5.92 Å². The van der Waals surface area contributed by atoms with E-state index in [-0.39, 0.29) is 5.04 Å². The van der Waals surface area contributed by atoms with E-state index < -0.39 is 22.4 Å². The maximum Gasteiger partial charge on any atom is 0.303 e. The van der Waals surface area contributed by atoms with Gasteiger partial charge in [-0.2, -0.15) is 0 Å². The molecule has 0 spiro atoms. The topological polar surface area (TPSA) is 46.5 Å². The van der Waals surface area contributed by atoms with Crippen LogP contribution in [-0.4, -0.2) is 34.1 Å². The maximum absolute atomic E-state index is 11.2. The highest BCUT2D eigenvalue weighted by Crippen LogP contribution is 2.36. The third-order valence-corrected chi connectivity index (χ3v) is 11.3. The first kappa shape index (κ1) is 28.4. The number of carboxylic acid groups (broad SMARTS) is 1. The van der Waals surface area contributed by atoms with Crippen molar-refractivity contribution in [2.45, 2.75) is 123 Å². The van der Waals surface area contributed by atoms with Crippen LogP contribution in [0.5, 0.6) is 0 Å². The van der Waals surface area contributed by atoms with Crippen LogP contribution in [0.1, 0.15) is 85.0 Å². The monoisotopic (exact) mass is 440 g/mol. The van der Waals surface area contributed by atoms with Crippen LogP contribution < -0.4 is 0 Å². The zero-order valence-electron chi connectivity index (χ0n) is 20.6. The minimum Gasteiger partial charge on any atom is -0.481 e. The van der Waals surface area contributed by atoms with Gasteiger partial charge in [0, 0.05) is 19.4 Å². The molecule has 1 N–H and O–H groups in total. The van der Waals surface area contributed by atoms with Crippen molar-refractivity contribution in [3.8, 4) is 11.5 Å². The van der Waals surface area contributed by atoms with E-state index in [2.05, 4.69) is 65.0 Å². The van der Waals surface area contributed by atoms with Crippen molar-refractivity contribution in [2.75, 3.05) is 6.61 Å². The largest absolute Gasteiger partial charge is 0.481 e. The summed E-state index contributed by atoms with van der Waals surface area (Å²) in [5.41, 5.74) is 3.41. The molecule has 0 saturated heterocycles. The van der Waals surface area contributed by atoms with Gasteiger partial charge in [-0.05, 0) is 49.7 Å². The molecule has 0 saturated carbocycles. The third-order valence-electron chi connectivity index (χ3n) is 5.87. The second-order valence-electron chi connectivity index (χ2n) is 11.1. The second kappa shape index (κ2) is 13.7. The van der Waals surface area contributed by atoms with Crippen molar-refractivity contribution in [3.63, 3.8) is 0 Å². The number of hydrogen-bond donors (Lipinski definition) is 1. The van der Waals surface area contributed by atoms with Gasteiger partial charge in [0.1, 0.15) is 8.07 Å². The summed E-state index contributed by atoms with van der Waals surface area (Å²) in [6.07, 6.45) is 10.1. The molecule has 1 atom stereocenters. The van der Waals surface area contributed by atoms with E-state index in [0.717, 1.165) is 51.6 Å². The normalized spacial score (nSPS) is 13.7. The molecule has 0 aromatic carbocycles. The van der Waals surface area contributed by atoms with Gasteiger partial charge < -0.3 is 9.53 Å². The van der Waals surface area contributed by atoms with E-state index in [1.807, 2.05) is 0 Å². The Morgan fingerprint density at radius 1 is 0.931 bits per heavy atom. The Labute approximate surface area is 183 Å². The molecule has 0 radical (unpaired) electrons. The first-order valence-electron chi connectivity index (χ1n) is 11.6. The van der Waals surface area contributed by atoms with E-state index in [9.17, 15) is 9.90 Å². The number of unbranched alkanes of at least 4 members (excludes halogenated alkanes) is 5. The van der Waals surface area contributed by atoms with Crippen LogP contribution in [0.2, 0.25) is 37.8 Å². The molecule has 29 heavy (non-hydrogen) atoms. The average Bonchev–Trinajstić information content (AvgIpc) is 2.54. The van der Waals surface area contributed by atoms with E-state index in [4.69, 9.17) is 4.43 Å². The van der Waals surface area contributed by atoms with Gasteiger partial charge >= 0.3 is 5.97 Å². The van der Waals surface area contributed by atoms with Crippen molar-refractivity contribution in [3.05, 3.63) is 0 Å². The van der Waals surface area contributed by atoms with E-state index >= 15 is 0 Å². The highest BCUT2D eigenvalue weighted by Gasteiger charge is 2.36. The summed E-state index contributed by atoms with van der Waals surface area (Å²) in [6.45, 7) is 19.1. The number of hydrogen-bond acceptors (Lipinski definition) is 2. The molecular formula is C24H48O3Si2. The minimum atomic E-state index is -1.62. The van der Waals surface area contributed by atoms with E-state index in [0.29, 0.717) is 12.3 Å². The van der Waals surface area contributed by atoms with E-state index in [1.54, 1.807) is 0 Å². The summed E-state index contributed by atoms with van der Waals surface area (Å²) < 4.78 is 6.23. The van der Waals surface area contributed by atoms with Crippen LogP contribution in [0.15, 0.2) is 0 Å². The second-order valence-corrected chi connectivity index (χ2v) is 20.6. The molecule has 0 rings (SSSR count). The summed E-state index contributed by atoms with van der Waals surface area (Å²) >= 11 is 0. The molecule has 0 heterocycles. The Hall–Kier alpha value is -0.576. The summed E-state index contributed by atoms with van der Waals surface area (Å²) in [5.74, 6) is 2.98. The van der Waals surface area contributed by atoms with Crippen molar-refractivity contribution < 1.29 is 14.3 Å². The summed E-state index contributed by atoms with van der Waals surface area (Å²) in [4.78, 5) is 11.2. The fourth-order valence-corrected chi connectivity index (χ4v) is 4.74. The Kier molecular flexibility index (Phi) is 13.4. The molecule has 0 bridgehead atoms. The van der Waals surface area contributed by atoms with Gasteiger partial charge in [-0.3, -0.25) is 4.79 Å². The van der Waals surface area contributed by atoms with Gasteiger partial charge in [-0.1, -0.05) is 66.1 Å². The SMILES string of the molecule is CC(C)(C)[Si](C)(C)OCCCCCCC(CCCCC#C[Si](C)(C)C)CC(=O)O. The van der Waals surface area contributed by atoms with Crippen LogP contribution in [0.3, 0.4) is 0 Å². The van der Waals surface area contributed by atoms with Gasteiger partial charge in [-0.15, -0.1) is 11.5 Å². The first-order valence-corrected chi connectivity index (χ1v) is 18.0. The molecule has 0 aromatic heterocycles. The number of carboxylic acids is 1. The highest BCUT2D eigenvalue weighted by molar-refractivity contribution is 6.83. The molecule has 0 amide bonds. The summed E-state index contributed by atoms with van der Waals surface area (Å²) in [7, 11) is -2.88. The van der Waals surface area contributed by atoms with Crippen LogP contribution >= 0.6 is 0 Å². The number of rotatable bonds is 14. The van der Waals surface area contributed by atoms with Crippen LogP contribution in [0, 0.1) is 17.4 Å². The van der Waals surface area contributed by atoms with Crippen molar-refractivity contribution >= 4 is 22.4 Å². The molecule has 0 aromatic rings. The van der Waals surface area contributed by atoms with Crippen LogP contribution in [0.4, 0.5) is 0 Å². The molecule has 0 aliphatic carbocycles. The Morgan fingerprint density at radius 3 is 2.00 bits per heavy atom. The maximum atomic E-state index is 11.2. The molecule has 0 fully saturated rings. The molecule has 5 heteroatoms. The number of aliphatic carboxylic acids is 1. The molecule has 0 aliphatic heterocycles. The van der Waals surface area contributed by atoms with Gasteiger partial charge in [0.2, 0.25) is 0 Å². The quantitative estimate of drug-likeness (QED) is 0.173. The zero-order chi connectivity index (χ0) is 22.6. The summed E-state index contributed by atoms with van der Waals surface area (Å²) in [6, 6.07) is 0. The lowest BCUT2D eigenvalue weighted by Gasteiger charge is -2.36. The van der Waals surface area contributed by atoms with Crippen LogP contribution in [0.25, 0.3) is 0 Å². The highest BCUT2D eigenvalue weighted by atomic mass is 28.4. The lowest BCUT2D eigenvalue weighted by atomic mass is 9.92. The first-order chi connectivity index (χ1) is 13.2. The minimum absolute atomic E-state index is 0.275. The van der Waals surface area contributed by atoms with E-state index in [1.165, 1.54) is 12.8 Å². The Balaban J connectivity index is 4.00. The lowest BCUT2D eigenvalue weighted by molar-refractivity contribution is -0.138. The molecule has 1 unspecified atom stereocenters. The lowest BCUT2D eigenvalue weighted by Crippen LogP contribution is -2.40. The van der Waals surface area contributed by atoms with Gasteiger partial charge in [0.15, 0.2) is 8.32 Å².